The first kappa shape index (κ1) is 15.7. The van der Waals surface area contributed by atoms with E-state index in [1.165, 1.54) is 6.92 Å². The molecule has 2 atom stereocenters. The van der Waals surface area contributed by atoms with Gasteiger partial charge in [0.05, 0.1) is 5.41 Å². The van der Waals surface area contributed by atoms with E-state index in [0.717, 1.165) is 0 Å². The van der Waals surface area contributed by atoms with Crippen molar-refractivity contribution in [3.63, 3.8) is 0 Å². The Morgan fingerprint density at radius 3 is 2.13 bits per heavy atom. The first-order valence-electron chi connectivity index (χ1n) is 7.80. The maximum atomic E-state index is 12.9. The van der Waals surface area contributed by atoms with Crippen LogP contribution in [0.15, 0.2) is 24.3 Å². The molecule has 1 aromatic rings. The van der Waals surface area contributed by atoms with Gasteiger partial charge in [0.15, 0.2) is 11.4 Å². The molecule has 1 saturated carbocycles. The second-order valence-electron chi connectivity index (χ2n) is 7.26. The average Bonchev–Trinajstić information content (AvgIpc) is 2.78. The lowest BCUT2D eigenvalue weighted by Crippen LogP contribution is -2.50. The van der Waals surface area contributed by atoms with E-state index < -0.39 is 16.4 Å². The third kappa shape index (κ3) is 1.89. The van der Waals surface area contributed by atoms with E-state index in [4.69, 9.17) is 4.74 Å². The SMILES string of the molecule is CC(=O)c1ccc(NC(=O)[C@@]23CC[C@](C)(C(=O)O2)C3(C)C)cc1. The van der Waals surface area contributed by atoms with Gasteiger partial charge in [-0.2, -0.15) is 0 Å². The molecule has 1 heterocycles. The highest BCUT2D eigenvalue weighted by Gasteiger charge is 2.75. The topological polar surface area (TPSA) is 72.5 Å². The van der Waals surface area contributed by atoms with Crippen LogP contribution in [-0.4, -0.2) is 23.3 Å². The Bertz CT molecular complexity index is 706. The summed E-state index contributed by atoms with van der Waals surface area (Å²) in [7, 11) is 0. The average molecular weight is 315 g/mol. The van der Waals surface area contributed by atoms with Crippen LogP contribution in [0.5, 0.6) is 0 Å². The summed E-state index contributed by atoms with van der Waals surface area (Å²) in [6.45, 7) is 7.21. The van der Waals surface area contributed by atoms with Crippen LogP contribution >= 0.6 is 0 Å². The molecule has 122 valence electrons. The molecule has 1 aliphatic heterocycles. The molecule has 1 N–H and O–H groups in total. The van der Waals surface area contributed by atoms with Crippen molar-refractivity contribution in [2.45, 2.75) is 46.1 Å². The van der Waals surface area contributed by atoms with Gasteiger partial charge < -0.3 is 10.1 Å². The number of hydrogen-bond donors (Lipinski definition) is 1. The lowest BCUT2D eigenvalue weighted by molar-refractivity contribution is -0.165. The highest BCUT2D eigenvalue weighted by molar-refractivity contribution is 6.03. The van der Waals surface area contributed by atoms with Gasteiger partial charge in [0, 0.05) is 16.7 Å². The van der Waals surface area contributed by atoms with E-state index in [2.05, 4.69) is 5.32 Å². The van der Waals surface area contributed by atoms with Gasteiger partial charge in [-0.15, -0.1) is 0 Å². The Morgan fingerprint density at radius 1 is 1.09 bits per heavy atom. The lowest BCUT2D eigenvalue weighted by Gasteiger charge is -2.35. The van der Waals surface area contributed by atoms with Gasteiger partial charge in [-0.3, -0.25) is 14.4 Å². The Kier molecular flexibility index (Phi) is 3.19. The maximum absolute atomic E-state index is 12.9. The van der Waals surface area contributed by atoms with Crippen LogP contribution in [0.2, 0.25) is 0 Å². The zero-order valence-electron chi connectivity index (χ0n) is 13.9. The van der Waals surface area contributed by atoms with Crippen molar-refractivity contribution in [3.8, 4) is 0 Å². The molecule has 23 heavy (non-hydrogen) atoms. The van der Waals surface area contributed by atoms with Gasteiger partial charge in [-0.1, -0.05) is 13.8 Å². The Balaban J connectivity index is 1.86. The maximum Gasteiger partial charge on any atom is 0.313 e. The number of fused-ring (bicyclic) bond motifs is 2. The number of hydrogen-bond acceptors (Lipinski definition) is 4. The number of anilines is 1. The van der Waals surface area contributed by atoms with E-state index in [9.17, 15) is 14.4 Å². The zero-order valence-corrected chi connectivity index (χ0v) is 13.9. The number of rotatable bonds is 3. The summed E-state index contributed by atoms with van der Waals surface area (Å²) in [6, 6.07) is 6.70. The zero-order chi connectivity index (χ0) is 17.0. The van der Waals surface area contributed by atoms with Crippen LogP contribution in [0.1, 0.15) is 50.9 Å². The molecule has 0 radical (unpaired) electrons. The molecule has 3 rings (SSSR count). The van der Waals surface area contributed by atoms with Crippen molar-refractivity contribution in [1.82, 2.24) is 0 Å². The van der Waals surface area contributed by atoms with E-state index >= 15 is 0 Å². The highest BCUT2D eigenvalue weighted by atomic mass is 16.6. The van der Waals surface area contributed by atoms with Crippen LogP contribution in [0.25, 0.3) is 0 Å². The van der Waals surface area contributed by atoms with Crippen molar-refractivity contribution in [2.24, 2.45) is 10.8 Å². The minimum absolute atomic E-state index is 0.0288. The Labute approximate surface area is 135 Å². The molecular weight excluding hydrogens is 294 g/mol. The number of ketones is 1. The molecule has 2 aliphatic rings. The number of Topliss-reactive ketones (excluding diaryl/α,β-unsaturated/α-hetero) is 1. The quantitative estimate of drug-likeness (QED) is 0.687. The van der Waals surface area contributed by atoms with Crippen LogP contribution in [-0.2, 0) is 14.3 Å². The Hall–Kier alpha value is -2.17. The van der Waals surface area contributed by atoms with E-state index in [1.807, 2.05) is 20.8 Å². The van der Waals surface area contributed by atoms with Crippen molar-refractivity contribution in [1.29, 1.82) is 0 Å². The monoisotopic (exact) mass is 315 g/mol. The summed E-state index contributed by atoms with van der Waals surface area (Å²) in [5, 5.41) is 2.83. The van der Waals surface area contributed by atoms with Crippen molar-refractivity contribution in [3.05, 3.63) is 29.8 Å². The molecule has 2 bridgehead atoms. The number of esters is 1. The van der Waals surface area contributed by atoms with Crippen molar-refractivity contribution in [2.75, 3.05) is 5.32 Å². The van der Waals surface area contributed by atoms with Gasteiger partial charge in [-0.05, 0) is 51.0 Å². The largest absolute Gasteiger partial charge is 0.448 e. The molecular formula is C18H21NO4. The normalized spacial score (nSPS) is 30.9. The predicted molar refractivity (Wildman–Crippen MR) is 85.0 cm³/mol. The first-order valence-corrected chi connectivity index (χ1v) is 7.80. The molecule has 0 unspecified atom stereocenters. The fourth-order valence-electron chi connectivity index (χ4n) is 3.77. The lowest BCUT2D eigenvalue weighted by atomic mass is 9.66. The molecule has 1 saturated heterocycles. The molecule has 1 aliphatic carbocycles. The minimum atomic E-state index is -1.13. The number of carbonyl (C=O) groups is 3. The minimum Gasteiger partial charge on any atom is -0.448 e. The standard InChI is InChI=1S/C18H21NO4/c1-11(20)12-5-7-13(8-6-12)19-14(21)18-10-9-17(4,15(22)23-18)16(18,2)3/h5-8H,9-10H2,1-4H3,(H,19,21)/t17-,18-/m1/s1. The fourth-order valence-corrected chi connectivity index (χ4v) is 3.77. The Morgan fingerprint density at radius 2 is 1.70 bits per heavy atom. The van der Waals surface area contributed by atoms with Crippen molar-refractivity contribution < 1.29 is 19.1 Å². The molecule has 5 heteroatoms. The van der Waals surface area contributed by atoms with Gasteiger partial charge in [0.1, 0.15) is 0 Å². The van der Waals surface area contributed by atoms with Gasteiger partial charge >= 0.3 is 5.97 Å². The van der Waals surface area contributed by atoms with Crippen LogP contribution in [0.4, 0.5) is 5.69 Å². The number of benzene rings is 1. The van der Waals surface area contributed by atoms with E-state index in [-0.39, 0.29) is 17.7 Å². The summed E-state index contributed by atoms with van der Waals surface area (Å²) < 4.78 is 5.56. The van der Waals surface area contributed by atoms with E-state index in [0.29, 0.717) is 24.1 Å². The molecule has 1 aromatic carbocycles. The number of nitrogens with one attached hydrogen (secondary N) is 1. The number of amides is 1. The van der Waals surface area contributed by atoms with Crippen LogP contribution in [0.3, 0.4) is 0 Å². The predicted octanol–water partition coefficient (Wildman–Crippen LogP) is 2.95. The summed E-state index contributed by atoms with van der Waals surface area (Å²) in [5.41, 5.74) is -1.15. The summed E-state index contributed by atoms with van der Waals surface area (Å²) in [5.74, 6) is -0.623. The highest BCUT2D eigenvalue weighted by Crippen LogP contribution is 2.65. The molecule has 0 spiro atoms. The molecule has 5 nitrogen and oxygen atoms in total. The van der Waals surface area contributed by atoms with Crippen molar-refractivity contribution >= 4 is 23.3 Å². The number of ether oxygens (including phenoxy) is 1. The molecule has 0 aromatic heterocycles. The second-order valence-corrected chi connectivity index (χ2v) is 7.26. The fraction of sp³-hybridized carbons (Fsp3) is 0.500. The third-order valence-corrected chi connectivity index (χ3v) is 6.00. The summed E-state index contributed by atoms with van der Waals surface area (Å²) >= 11 is 0. The van der Waals surface area contributed by atoms with E-state index in [1.54, 1.807) is 24.3 Å². The smallest absolute Gasteiger partial charge is 0.313 e. The number of carbonyl (C=O) groups excluding carboxylic acids is 3. The van der Waals surface area contributed by atoms with Gasteiger partial charge in [-0.25, -0.2) is 0 Å². The summed E-state index contributed by atoms with van der Waals surface area (Å²) in [6.07, 6.45) is 1.18. The third-order valence-electron chi connectivity index (χ3n) is 6.00. The van der Waals surface area contributed by atoms with Crippen LogP contribution in [0, 0.1) is 10.8 Å². The second kappa shape index (κ2) is 4.66. The molecule has 2 fully saturated rings. The summed E-state index contributed by atoms with van der Waals surface area (Å²) in [4.78, 5) is 36.4. The first-order chi connectivity index (χ1) is 10.6. The van der Waals surface area contributed by atoms with Gasteiger partial charge in [0.25, 0.3) is 5.91 Å². The molecule has 1 amide bonds. The van der Waals surface area contributed by atoms with Gasteiger partial charge in [0.2, 0.25) is 0 Å². The van der Waals surface area contributed by atoms with Crippen LogP contribution < -0.4 is 5.32 Å².